The lowest BCUT2D eigenvalue weighted by Gasteiger charge is -2.13. The van der Waals surface area contributed by atoms with Crippen LogP contribution < -0.4 is 5.73 Å². The van der Waals surface area contributed by atoms with Crippen molar-refractivity contribution in [3.63, 3.8) is 0 Å². The summed E-state index contributed by atoms with van der Waals surface area (Å²) in [6, 6.07) is 6.21. The van der Waals surface area contributed by atoms with Gasteiger partial charge in [-0.25, -0.2) is 4.39 Å². The molecule has 86 valence electrons. The number of Topliss-reactive ketones (excluding diaryl/α,β-unsaturated/α-hetero) is 1. The molecule has 2 N–H and O–H groups in total. The normalized spacial score (nSPS) is 24.6. The van der Waals surface area contributed by atoms with Gasteiger partial charge in [-0.3, -0.25) is 4.79 Å². The molecule has 0 aliphatic heterocycles. The summed E-state index contributed by atoms with van der Waals surface area (Å²) in [5.74, 6) is -0.167. The van der Waals surface area contributed by atoms with Gasteiger partial charge in [-0.2, -0.15) is 0 Å². The first-order valence-electron chi connectivity index (χ1n) is 5.69. The standard InChI is InChI=1S/C13H16FNO/c14-10-4-1-3-9(7-10)8-13(16)11-5-2-6-12(11)15/h1,3-4,7,11-12H,2,5-6,8,15H2. The van der Waals surface area contributed by atoms with Gasteiger partial charge in [-0.1, -0.05) is 18.6 Å². The third kappa shape index (κ3) is 2.47. The predicted molar refractivity (Wildman–Crippen MR) is 60.4 cm³/mol. The molecule has 0 aromatic heterocycles. The summed E-state index contributed by atoms with van der Waals surface area (Å²) in [4.78, 5) is 11.9. The molecular weight excluding hydrogens is 205 g/mol. The van der Waals surface area contributed by atoms with Gasteiger partial charge >= 0.3 is 0 Å². The van der Waals surface area contributed by atoms with Crippen molar-refractivity contribution in [1.82, 2.24) is 0 Å². The maximum Gasteiger partial charge on any atom is 0.141 e. The van der Waals surface area contributed by atoms with E-state index in [9.17, 15) is 9.18 Å². The molecule has 2 rings (SSSR count). The van der Waals surface area contributed by atoms with Crippen LogP contribution in [0, 0.1) is 11.7 Å². The van der Waals surface area contributed by atoms with E-state index in [2.05, 4.69) is 0 Å². The molecule has 1 aliphatic rings. The topological polar surface area (TPSA) is 43.1 Å². The first kappa shape index (κ1) is 11.3. The van der Waals surface area contributed by atoms with Gasteiger partial charge in [0.25, 0.3) is 0 Å². The number of carbonyl (C=O) groups excluding carboxylic acids is 1. The quantitative estimate of drug-likeness (QED) is 0.849. The third-order valence-electron chi connectivity index (χ3n) is 3.25. The lowest BCUT2D eigenvalue weighted by Crippen LogP contribution is -2.31. The molecule has 3 heteroatoms. The second kappa shape index (κ2) is 4.74. The van der Waals surface area contributed by atoms with Crippen LogP contribution in [0.4, 0.5) is 4.39 Å². The Labute approximate surface area is 94.6 Å². The number of benzene rings is 1. The summed E-state index contributed by atoms with van der Waals surface area (Å²) in [6.07, 6.45) is 3.14. The zero-order valence-electron chi connectivity index (χ0n) is 9.16. The van der Waals surface area contributed by atoms with Gasteiger partial charge < -0.3 is 5.73 Å². The Hall–Kier alpha value is -1.22. The van der Waals surface area contributed by atoms with Crippen molar-refractivity contribution in [1.29, 1.82) is 0 Å². The molecule has 1 saturated carbocycles. The summed E-state index contributed by atoms with van der Waals surface area (Å²) in [7, 11) is 0. The summed E-state index contributed by atoms with van der Waals surface area (Å²) in [5, 5.41) is 0. The van der Waals surface area contributed by atoms with Crippen LogP contribution in [0.2, 0.25) is 0 Å². The molecule has 1 aliphatic carbocycles. The first-order chi connectivity index (χ1) is 7.66. The number of hydrogen-bond donors (Lipinski definition) is 1. The van der Waals surface area contributed by atoms with Gasteiger partial charge in [-0.15, -0.1) is 0 Å². The van der Waals surface area contributed by atoms with E-state index in [1.165, 1.54) is 12.1 Å². The minimum absolute atomic E-state index is 0.000981. The third-order valence-corrected chi connectivity index (χ3v) is 3.25. The summed E-state index contributed by atoms with van der Waals surface area (Å²) >= 11 is 0. The molecule has 0 saturated heterocycles. The average molecular weight is 221 g/mol. The zero-order valence-corrected chi connectivity index (χ0v) is 9.16. The van der Waals surface area contributed by atoms with Crippen molar-refractivity contribution in [2.24, 2.45) is 11.7 Å². The molecule has 0 radical (unpaired) electrons. The average Bonchev–Trinajstić information content (AvgIpc) is 2.64. The lowest BCUT2D eigenvalue weighted by molar-refractivity contribution is -0.122. The number of ketones is 1. The van der Waals surface area contributed by atoms with Gasteiger partial charge in [0.1, 0.15) is 11.6 Å². The van der Waals surface area contributed by atoms with Crippen molar-refractivity contribution in [2.75, 3.05) is 0 Å². The Bertz CT molecular complexity index is 391. The maximum atomic E-state index is 12.9. The Morgan fingerprint density at radius 3 is 2.88 bits per heavy atom. The molecule has 0 bridgehead atoms. The highest BCUT2D eigenvalue weighted by molar-refractivity contribution is 5.84. The number of rotatable bonds is 3. The van der Waals surface area contributed by atoms with E-state index in [0.717, 1.165) is 24.8 Å². The maximum absolute atomic E-state index is 12.9. The zero-order chi connectivity index (χ0) is 11.5. The van der Waals surface area contributed by atoms with Gasteiger partial charge in [0, 0.05) is 18.4 Å². The number of nitrogens with two attached hydrogens (primary N) is 1. The van der Waals surface area contributed by atoms with Gasteiger partial charge in [0.05, 0.1) is 0 Å². The van der Waals surface area contributed by atoms with E-state index < -0.39 is 0 Å². The highest BCUT2D eigenvalue weighted by Crippen LogP contribution is 2.25. The van der Waals surface area contributed by atoms with E-state index in [4.69, 9.17) is 5.73 Å². The molecule has 0 heterocycles. The van der Waals surface area contributed by atoms with Crippen molar-refractivity contribution < 1.29 is 9.18 Å². The minimum atomic E-state index is -0.291. The van der Waals surface area contributed by atoms with Crippen LogP contribution in [0.25, 0.3) is 0 Å². The van der Waals surface area contributed by atoms with Crippen molar-refractivity contribution in [2.45, 2.75) is 31.7 Å². The molecule has 2 atom stereocenters. The van der Waals surface area contributed by atoms with Crippen LogP contribution in [0.1, 0.15) is 24.8 Å². The molecule has 1 fully saturated rings. The second-order valence-corrected chi connectivity index (χ2v) is 4.47. The van der Waals surface area contributed by atoms with E-state index in [1.54, 1.807) is 12.1 Å². The minimum Gasteiger partial charge on any atom is -0.327 e. The number of carbonyl (C=O) groups is 1. The molecule has 2 nitrogen and oxygen atoms in total. The lowest BCUT2D eigenvalue weighted by atomic mass is 9.94. The van der Waals surface area contributed by atoms with Crippen LogP contribution in [-0.4, -0.2) is 11.8 Å². The molecule has 16 heavy (non-hydrogen) atoms. The van der Waals surface area contributed by atoms with E-state index in [-0.39, 0.29) is 23.6 Å². The highest BCUT2D eigenvalue weighted by atomic mass is 19.1. The van der Waals surface area contributed by atoms with E-state index >= 15 is 0 Å². The predicted octanol–water partition coefficient (Wildman–Crippen LogP) is 2.06. The molecule has 1 aromatic rings. The first-order valence-corrected chi connectivity index (χ1v) is 5.69. The molecule has 0 amide bonds. The van der Waals surface area contributed by atoms with Crippen molar-refractivity contribution in [3.05, 3.63) is 35.6 Å². The molecular formula is C13H16FNO. The van der Waals surface area contributed by atoms with Gasteiger partial charge in [-0.05, 0) is 30.5 Å². The fourth-order valence-corrected chi connectivity index (χ4v) is 2.37. The fourth-order valence-electron chi connectivity index (χ4n) is 2.37. The SMILES string of the molecule is NC1CCCC1C(=O)Cc1cccc(F)c1. The van der Waals surface area contributed by atoms with Crippen molar-refractivity contribution >= 4 is 5.78 Å². The van der Waals surface area contributed by atoms with Crippen LogP contribution >= 0.6 is 0 Å². The highest BCUT2D eigenvalue weighted by Gasteiger charge is 2.29. The van der Waals surface area contributed by atoms with Crippen LogP contribution in [0.3, 0.4) is 0 Å². The van der Waals surface area contributed by atoms with Crippen molar-refractivity contribution in [3.8, 4) is 0 Å². The molecule has 1 aromatic carbocycles. The summed E-state index contributed by atoms with van der Waals surface area (Å²) in [5.41, 5.74) is 6.61. The van der Waals surface area contributed by atoms with Crippen LogP contribution in [0.5, 0.6) is 0 Å². The fraction of sp³-hybridized carbons (Fsp3) is 0.462. The summed E-state index contributed by atoms with van der Waals surface area (Å²) < 4.78 is 12.9. The Morgan fingerprint density at radius 1 is 1.44 bits per heavy atom. The van der Waals surface area contributed by atoms with Crippen LogP contribution in [0.15, 0.2) is 24.3 Å². The number of halogens is 1. The van der Waals surface area contributed by atoms with Crippen LogP contribution in [-0.2, 0) is 11.2 Å². The summed E-state index contributed by atoms with van der Waals surface area (Å²) in [6.45, 7) is 0. The Morgan fingerprint density at radius 2 is 2.25 bits per heavy atom. The smallest absolute Gasteiger partial charge is 0.141 e. The molecule has 2 unspecified atom stereocenters. The Kier molecular flexibility index (Phi) is 3.34. The largest absolute Gasteiger partial charge is 0.327 e. The molecule has 0 spiro atoms. The number of hydrogen-bond acceptors (Lipinski definition) is 2. The van der Waals surface area contributed by atoms with Gasteiger partial charge in [0.15, 0.2) is 0 Å². The van der Waals surface area contributed by atoms with E-state index in [0.29, 0.717) is 6.42 Å². The Balaban J connectivity index is 2.02. The second-order valence-electron chi connectivity index (χ2n) is 4.47. The van der Waals surface area contributed by atoms with E-state index in [1.807, 2.05) is 0 Å². The monoisotopic (exact) mass is 221 g/mol. The van der Waals surface area contributed by atoms with Gasteiger partial charge in [0.2, 0.25) is 0 Å².